The van der Waals surface area contributed by atoms with Gasteiger partial charge in [-0.25, -0.2) is 0 Å². The van der Waals surface area contributed by atoms with Crippen LogP contribution in [0.5, 0.6) is 5.75 Å². The standard InChI is InChI=1S/C30H20N4O/c35-29-19-16-21-9-2-4-12-23(21)30(29)34-33-28-18-17-27(24-13-5-6-14-25(24)28)32-31-26-15-7-10-20-8-1-3-11-22(20)26/h1-19,35H. The van der Waals surface area contributed by atoms with E-state index in [-0.39, 0.29) is 5.75 Å². The molecule has 0 saturated carbocycles. The van der Waals surface area contributed by atoms with Crippen LogP contribution in [0.1, 0.15) is 0 Å². The van der Waals surface area contributed by atoms with Crippen molar-refractivity contribution in [2.45, 2.75) is 0 Å². The van der Waals surface area contributed by atoms with Crippen LogP contribution in [0.4, 0.5) is 22.7 Å². The van der Waals surface area contributed by atoms with Crippen LogP contribution in [0.2, 0.25) is 0 Å². The van der Waals surface area contributed by atoms with E-state index in [1.54, 1.807) is 6.07 Å². The minimum Gasteiger partial charge on any atom is -0.506 e. The van der Waals surface area contributed by atoms with Crippen LogP contribution in [0.3, 0.4) is 0 Å². The molecule has 0 heterocycles. The molecule has 0 bridgehead atoms. The summed E-state index contributed by atoms with van der Waals surface area (Å²) in [7, 11) is 0. The third-order valence-electron chi connectivity index (χ3n) is 6.05. The molecule has 5 nitrogen and oxygen atoms in total. The van der Waals surface area contributed by atoms with E-state index >= 15 is 0 Å². The lowest BCUT2D eigenvalue weighted by molar-refractivity contribution is 0.477. The fourth-order valence-electron chi connectivity index (χ4n) is 4.30. The van der Waals surface area contributed by atoms with E-state index in [4.69, 9.17) is 0 Å². The van der Waals surface area contributed by atoms with Crippen molar-refractivity contribution < 1.29 is 5.11 Å². The van der Waals surface area contributed by atoms with Crippen LogP contribution in [-0.2, 0) is 0 Å². The average Bonchev–Trinajstić information content (AvgIpc) is 2.91. The van der Waals surface area contributed by atoms with E-state index in [1.807, 2.05) is 97.1 Å². The lowest BCUT2D eigenvalue weighted by atomic mass is 10.1. The normalized spacial score (nSPS) is 11.9. The quantitative estimate of drug-likeness (QED) is 0.266. The lowest BCUT2D eigenvalue weighted by Crippen LogP contribution is -1.77. The Morgan fingerprint density at radius 3 is 1.54 bits per heavy atom. The zero-order valence-electron chi connectivity index (χ0n) is 18.7. The summed E-state index contributed by atoms with van der Waals surface area (Å²) in [6, 6.07) is 37.2. The Morgan fingerprint density at radius 1 is 0.371 bits per heavy atom. The molecule has 0 aromatic heterocycles. The van der Waals surface area contributed by atoms with E-state index in [1.165, 1.54) is 0 Å². The zero-order chi connectivity index (χ0) is 23.6. The summed E-state index contributed by atoms with van der Waals surface area (Å²) < 4.78 is 0. The maximum atomic E-state index is 10.4. The van der Waals surface area contributed by atoms with Gasteiger partial charge >= 0.3 is 0 Å². The molecule has 0 atom stereocenters. The van der Waals surface area contributed by atoms with Gasteiger partial charge in [-0.2, -0.15) is 0 Å². The van der Waals surface area contributed by atoms with Crippen LogP contribution < -0.4 is 0 Å². The van der Waals surface area contributed by atoms with Gasteiger partial charge in [0.05, 0.1) is 17.1 Å². The first-order valence-corrected chi connectivity index (χ1v) is 11.3. The number of phenols is 1. The van der Waals surface area contributed by atoms with Crippen LogP contribution in [-0.4, -0.2) is 5.11 Å². The molecule has 35 heavy (non-hydrogen) atoms. The molecule has 0 radical (unpaired) electrons. The van der Waals surface area contributed by atoms with E-state index in [0.29, 0.717) is 11.4 Å². The van der Waals surface area contributed by atoms with Gasteiger partial charge in [0.1, 0.15) is 11.4 Å². The third-order valence-corrected chi connectivity index (χ3v) is 6.05. The molecule has 0 spiro atoms. The number of azo groups is 2. The van der Waals surface area contributed by atoms with Crippen LogP contribution in [0.15, 0.2) is 136 Å². The molecular formula is C30H20N4O. The SMILES string of the molecule is Oc1ccc2ccccc2c1N=Nc1ccc(N=Nc2cccc3ccccc23)c2ccccc12. The van der Waals surface area contributed by atoms with Crippen molar-refractivity contribution in [1.29, 1.82) is 0 Å². The fraction of sp³-hybridized carbons (Fsp3) is 0. The van der Waals surface area contributed by atoms with Crippen LogP contribution in [0, 0.1) is 0 Å². The molecule has 0 aliphatic heterocycles. The predicted octanol–water partition coefficient (Wildman–Crippen LogP) is 9.68. The summed E-state index contributed by atoms with van der Waals surface area (Å²) in [6.45, 7) is 0. The van der Waals surface area contributed by atoms with Gasteiger partial charge in [0.15, 0.2) is 0 Å². The Morgan fingerprint density at radius 2 is 0.857 bits per heavy atom. The monoisotopic (exact) mass is 452 g/mol. The number of benzene rings is 6. The zero-order valence-corrected chi connectivity index (χ0v) is 18.7. The number of fused-ring (bicyclic) bond motifs is 3. The van der Waals surface area contributed by atoms with Crippen LogP contribution in [0.25, 0.3) is 32.3 Å². The fourth-order valence-corrected chi connectivity index (χ4v) is 4.30. The van der Waals surface area contributed by atoms with E-state index in [9.17, 15) is 5.11 Å². The van der Waals surface area contributed by atoms with Crippen molar-refractivity contribution in [3.8, 4) is 5.75 Å². The molecule has 6 aromatic rings. The molecule has 0 fully saturated rings. The van der Waals surface area contributed by atoms with Gasteiger partial charge in [0.2, 0.25) is 0 Å². The van der Waals surface area contributed by atoms with Gasteiger partial charge in [0.25, 0.3) is 0 Å². The molecule has 0 aliphatic carbocycles. The second kappa shape index (κ2) is 8.80. The number of aromatic hydroxyl groups is 1. The molecule has 5 heteroatoms. The molecule has 0 amide bonds. The number of hydrogen-bond donors (Lipinski definition) is 1. The maximum absolute atomic E-state index is 10.4. The summed E-state index contributed by atoms with van der Waals surface area (Å²) in [5.41, 5.74) is 2.71. The number of nitrogens with zero attached hydrogens (tertiary/aromatic N) is 4. The van der Waals surface area contributed by atoms with Crippen molar-refractivity contribution in [2.24, 2.45) is 20.5 Å². The summed E-state index contributed by atoms with van der Waals surface area (Å²) >= 11 is 0. The Balaban J connectivity index is 1.41. The molecule has 1 N–H and O–H groups in total. The Hall–Kier alpha value is -4.90. The third kappa shape index (κ3) is 3.89. The number of hydrogen-bond acceptors (Lipinski definition) is 5. The first kappa shape index (κ1) is 20.7. The molecule has 0 saturated heterocycles. The molecule has 6 rings (SSSR count). The van der Waals surface area contributed by atoms with Gasteiger partial charge in [-0.15, -0.1) is 20.5 Å². The highest BCUT2D eigenvalue weighted by molar-refractivity contribution is 6.00. The van der Waals surface area contributed by atoms with Gasteiger partial charge in [-0.1, -0.05) is 91.0 Å². The van der Waals surface area contributed by atoms with Crippen molar-refractivity contribution in [2.75, 3.05) is 0 Å². The van der Waals surface area contributed by atoms with Gasteiger partial charge in [-0.3, -0.25) is 0 Å². The summed E-state index contributed by atoms with van der Waals surface area (Å²) in [4.78, 5) is 0. The highest BCUT2D eigenvalue weighted by Gasteiger charge is 2.09. The maximum Gasteiger partial charge on any atom is 0.143 e. The molecule has 0 aliphatic rings. The largest absolute Gasteiger partial charge is 0.506 e. The van der Waals surface area contributed by atoms with Crippen molar-refractivity contribution >= 4 is 55.1 Å². The minimum absolute atomic E-state index is 0.0947. The smallest absolute Gasteiger partial charge is 0.143 e. The molecule has 0 unspecified atom stereocenters. The molecule has 166 valence electrons. The minimum atomic E-state index is 0.0947. The number of phenolic OH excluding ortho intramolecular Hbond substituents is 1. The summed E-state index contributed by atoms with van der Waals surface area (Å²) in [5, 5.41) is 34.4. The first-order chi connectivity index (χ1) is 17.3. The lowest BCUT2D eigenvalue weighted by Gasteiger charge is -2.06. The first-order valence-electron chi connectivity index (χ1n) is 11.3. The van der Waals surface area contributed by atoms with Crippen molar-refractivity contribution in [3.05, 3.63) is 115 Å². The highest BCUT2D eigenvalue weighted by atomic mass is 16.3. The second-order valence-corrected chi connectivity index (χ2v) is 8.20. The van der Waals surface area contributed by atoms with Gasteiger partial charge < -0.3 is 5.11 Å². The Labute approximate surface area is 201 Å². The average molecular weight is 453 g/mol. The molecule has 6 aromatic carbocycles. The van der Waals surface area contributed by atoms with E-state index < -0.39 is 0 Å². The Kier molecular flexibility index (Phi) is 5.20. The Bertz CT molecular complexity index is 1770. The van der Waals surface area contributed by atoms with E-state index in [2.05, 4.69) is 32.6 Å². The van der Waals surface area contributed by atoms with Crippen molar-refractivity contribution in [1.82, 2.24) is 0 Å². The second-order valence-electron chi connectivity index (χ2n) is 8.20. The van der Waals surface area contributed by atoms with Crippen molar-refractivity contribution in [3.63, 3.8) is 0 Å². The summed E-state index contributed by atoms with van der Waals surface area (Å²) in [5.74, 6) is 0.0947. The topological polar surface area (TPSA) is 69.7 Å². The predicted molar refractivity (Wildman–Crippen MR) is 142 cm³/mol. The van der Waals surface area contributed by atoms with E-state index in [0.717, 1.165) is 43.7 Å². The number of rotatable bonds is 4. The van der Waals surface area contributed by atoms with Gasteiger partial charge in [-0.05, 0) is 35.0 Å². The highest BCUT2D eigenvalue weighted by Crippen LogP contribution is 2.39. The van der Waals surface area contributed by atoms with Crippen LogP contribution >= 0.6 is 0 Å². The summed E-state index contributed by atoms with van der Waals surface area (Å²) in [6.07, 6.45) is 0. The van der Waals surface area contributed by atoms with Gasteiger partial charge in [0, 0.05) is 21.5 Å². The molecular weight excluding hydrogens is 432 g/mol.